The van der Waals surface area contributed by atoms with Crippen molar-refractivity contribution in [3.8, 4) is 0 Å². The second kappa shape index (κ2) is 5.62. The van der Waals surface area contributed by atoms with Crippen LogP contribution >= 0.6 is 23.1 Å². The van der Waals surface area contributed by atoms with Crippen molar-refractivity contribution in [3.63, 3.8) is 0 Å². The van der Waals surface area contributed by atoms with Gasteiger partial charge in [0, 0.05) is 23.4 Å². The molecule has 0 aliphatic rings. The van der Waals surface area contributed by atoms with Gasteiger partial charge < -0.3 is 5.32 Å². The highest BCUT2D eigenvalue weighted by molar-refractivity contribution is 7.98. The molecule has 0 spiro atoms. The zero-order chi connectivity index (χ0) is 9.68. The van der Waals surface area contributed by atoms with Gasteiger partial charge in [-0.25, -0.2) is 4.98 Å². The second-order valence-electron chi connectivity index (χ2n) is 3.12. The van der Waals surface area contributed by atoms with Gasteiger partial charge in [-0.15, -0.1) is 11.3 Å². The molecule has 0 fully saturated rings. The van der Waals surface area contributed by atoms with Crippen LogP contribution in [-0.4, -0.2) is 23.0 Å². The van der Waals surface area contributed by atoms with Crippen molar-refractivity contribution in [1.82, 2.24) is 10.3 Å². The van der Waals surface area contributed by atoms with Crippen molar-refractivity contribution in [3.05, 3.63) is 16.6 Å². The Bertz CT molecular complexity index is 224. The average molecular weight is 216 g/mol. The summed E-state index contributed by atoms with van der Waals surface area (Å²) in [5.74, 6) is 1.15. The topological polar surface area (TPSA) is 24.9 Å². The Morgan fingerprint density at radius 1 is 1.62 bits per heavy atom. The molecule has 0 aliphatic heterocycles. The Balaban J connectivity index is 2.37. The Hall–Kier alpha value is -0.0600. The van der Waals surface area contributed by atoms with Crippen molar-refractivity contribution in [2.75, 3.05) is 12.0 Å². The fourth-order valence-corrected chi connectivity index (χ4v) is 2.50. The van der Waals surface area contributed by atoms with Gasteiger partial charge >= 0.3 is 0 Å². The van der Waals surface area contributed by atoms with E-state index in [0.29, 0.717) is 12.1 Å². The van der Waals surface area contributed by atoms with Gasteiger partial charge in [0.25, 0.3) is 0 Å². The summed E-state index contributed by atoms with van der Waals surface area (Å²) >= 11 is 3.58. The number of hydrogen-bond donors (Lipinski definition) is 1. The maximum Gasteiger partial charge on any atom is 0.109 e. The van der Waals surface area contributed by atoms with E-state index < -0.39 is 0 Å². The minimum Gasteiger partial charge on any atom is -0.305 e. The lowest BCUT2D eigenvalue weighted by Gasteiger charge is -2.17. The quantitative estimate of drug-likeness (QED) is 0.819. The third-order valence-electron chi connectivity index (χ3n) is 1.77. The normalized spacial score (nSPS) is 15.6. The summed E-state index contributed by atoms with van der Waals surface area (Å²) in [6.45, 7) is 4.37. The molecular formula is C9H16N2S2. The molecule has 0 saturated heterocycles. The predicted octanol–water partition coefficient (Wildman–Crippen LogP) is 2.55. The van der Waals surface area contributed by atoms with Gasteiger partial charge in [-0.3, -0.25) is 0 Å². The summed E-state index contributed by atoms with van der Waals surface area (Å²) in [5, 5.41) is 6.70. The SMILES string of the molecule is CSCC(C)NC(C)c1nccs1. The van der Waals surface area contributed by atoms with Crippen LogP contribution in [-0.2, 0) is 0 Å². The number of rotatable bonds is 5. The van der Waals surface area contributed by atoms with Crippen molar-refractivity contribution in [1.29, 1.82) is 0 Å². The first-order valence-electron chi connectivity index (χ1n) is 4.38. The summed E-state index contributed by atoms with van der Waals surface area (Å²) in [5.41, 5.74) is 0. The van der Waals surface area contributed by atoms with Crippen molar-refractivity contribution in [2.24, 2.45) is 0 Å². The molecule has 1 aromatic heterocycles. The van der Waals surface area contributed by atoms with E-state index >= 15 is 0 Å². The average Bonchev–Trinajstić information content (AvgIpc) is 2.55. The van der Waals surface area contributed by atoms with Crippen molar-refractivity contribution < 1.29 is 0 Å². The van der Waals surface area contributed by atoms with Gasteiger partial charge in [-0.2, -0.15) is 11.8 Å². The Kier molecular flexibility index (Phi) is 4.77. The van der Waals surface area contributed by atoms with Crippen LogP contribution in [0.15, 0.2) is 11.6 Å². The van der Waals surface area contributed by atoms with Crippen LogP contribution in [0.25, 0.3) is 0 Å². The van der Waals surface area contributed by atoms with Gasteiger partial charge in [0.05, 0.1) is 6.04 Å². The van der Waals surface area contributed by atoms with Gasteiger partial charge in [0.15, 0.2) is 0 Å². The van der Waals surface area contributed by atoms with Gasteiger partial charge in [-0.1, -0.05) is 0 Å². The van der Waals surface area contributed by atoms with E-state index in [0.717, 1.165) is 5.75 Å². The van der Waals surface area contributed by atoms with Crippen molar-refractivity contribution >= 4 is 23.1 Å². The Morgan fingerprint density at radius 2 is 2.38 bits per heavy atom. The fourth-order valence-electron chi connectivity index (χ4n) is 1.24. The summed E-state index contributed by atoms with van der Waals surface area (Å²) in [7, 11) is 0. The minimum absolute atomic E-state index is 0.377. The maximum absolute atomic E-state index is 4.28. The lowest BCUT2D eigenvalue weighted by Crippen LogP contribution is -2.30. The van der Waals surface area contributed by atoms with Crippen LogP contribution in [0.2, 0.25) is 0 Å². The molecule has 1 heterocycles. The largest absolute Gasteiger partial charge is 0.305 e. The molecule has 1 rings (SSSR count). The van der Waals surface area contributed by atoms with Crippen LogP contribution in [0, 0.1) is 0 Å². The molecule has 74 valence electrons. The van der Waals surface area contributed by atoms with Crippen molar-refractivity contribution in [2.45, 2.75) is 25.9 Å². The minimum atomic E-state index is 0.377. The Labute approximate surface area is 88.2 Å². The molecule has 0 radical (unpaired) electrons. The van der Waals surface area contributed by atoms with Crippen LogP contribution in [0.3, 0.4) is 0 Å². The van der Waals surface area contributed by atoms with Crippen LogP contribution in [0.4, 0.5) is 0 Å². The van der Waals surface area contributed by atoms with E-state index in [1.165, 1.54) is 5.01 Å². The van der Waals surface area contributed by atoms with E-state index in [1.54, 1.807) is 11.3 Å². The number of nitrogens with one attached hydrogen (secondary N) is 1. The molecule has 2 atom stereocenters. The number of aromatic nitrogens is 1. The number of hydrogen-bond acceptors (Lipinski definition) is 4. The van der Waals surface area contributed by atoms with E-state index in [9.17, 15) is 0 Å². The summed E-state index contributed by atoms with van der Waals surface area (Å²) in [6, 6.07) is 0.927. The standard InChI is InChI=1S/C9H16N2S2/c1-7(6-12-3)11-8(2)9-10-4-5-13-9/h4-5,7-8,11H,6H2,1-3H3. The van der Waals surface area contributed by atoms with Gasteiger partial charge in [-0.05, 0) is 20.1 Å². The molecule has 2 nitrogen and oxygen atoms in total. The van der Waals surface area contributed by atoms with Crippen LogP contribution < -0.4 is 5.32 Å². The van der Waals surface area contributed by atoms with E-state index in [1.807, 2.05) is 23.3 Å². The molecule has 0 amide bonds. The highest BCUT2D eigenvalue weighted by Crippen LogP contribution is 2.15. The van der Waals surface area contributed by atoms with Crippen LogP contribution in [0.5, 0.6) is 0 Å². The van der Waals surface area contributed by atoms with Gasteiger partial charge in [0.2, 0.25) is 0 Å². The highest BCUT2D eigenvalue weighted by Gasteiger charge is 2.10. The summed E-state index contributed by atoms with van der Waals surface area (Å²) < 4.78 is 0. The lowest BCUT2D eigenvalue weighted by molar-refractivity contribution is 0.509. The molecular weight excluding hydrogens is 200 g/mol. The number of thiazole rings is 1. The monoisotopic (exact) mass is 216 g/mol. The third-order valence-corrected chi connectivity index (χ3v) is 3.56. The lowest BCUT2D eigenvalue weighted by atomic mass is 10.3. The highest BCUT2D eigenvalue weighted by atomic mass is 32.2. The fraction of sp³-hybridized carbons (Fsp3) is 0.667. The zero-order valence-corrected chi connectivity index (χ0v) is 9.91. The molecule has 2 unspecified atom stereocenters. The predicted molar refractivity (Wildman–Crippen MR) is 61.5 cm³/mol. The van der Waals surface area contributed by atoms with E-state index in [4.69, 9.17) is 0 Å². The smallest absolute Gasteiger partial charge is 0.109 e. The molecule has 4 heteroatoms. The molecule has 1 N–H and O–H groups in total. The molecule has 0 aromatic carbocycles. The summed E-state index contributed by atoms with van der Waals surface area (Å²) in [6.07, 6.45) is 3.99. The molecule has 13 heavy (non-hydrogen) atoms. The molecule has 0 bridgehead atoms. The second-order valence-corrected chi connectivity index (χ2v) is 4.95. The molecule has 1 aromatic rings. The van der Waals surface area contributed by atoms with E-state index in [2.05, 4.69) is 30.4 Å². The first kappa shape index (κ1) is 11.0. The van der Waals surface area contributed by atoms with Crippen LogP contribution in [0.1, 0.15) is 24.9 Å². The third kappa shape index (κ3) is 3.67. The molecule has 0 aliphatic carbocycles. The maximum atomic E-state index is 4.28. The Morgan fingerprint density at radius 3 is 2.92 bits per heavy atom. The van der Waals surface area contributed by atoms with Gasteiger partial charge in [0.1, 0.15) is 5.01 Å². The first-order chi connectivity index (χ1) is 6.24. The molecule has 0 saturated carbocycles. The van der Waals surface area contributed by atoms with E-state index in [-0.39, 0.29) is 0 Å². The number of thioether (sulfide) groups is 1. The number of nitrogens with zero attached hydrogens (tertiary/aromatic N) is 1. The summed E-state index contributed by atoms with van der Waals surface area (Å²) in [4.78, 5) is 4.28. The first-order valence-corrected chi connectivity index (χ1v) is 6.65. The zero-order valence-electron chi connectivity index (χ0n) is 8.28.